The van der Waals surface area contributed by atoms with E-state index in [4.69, 9.17) is 5.11 Å². The quantitative estimate of drug-likeness (QED) is 0.390. The first-order valence-electron chi connectivity index (χ1n) is 10.2. The molecule has 0 saturated carbocycles. The van der Waals surface area contributed by atoms with E-state index in [0.29, 0.717) is 11.1 Å². The van der Waals surface area contributed by atoms with E-state index in [1.165, 1.54) is 12.1 Å². The smallest absolute Gasteiger partial charge is 0.416 e. The van der Waals surface area contributed by atoms with Crippen LogP contribution < -0.4 is 16.2 Å². The first-order valence-corrected chi connectivity index (χ1v) is 10.2. The number of carboxylic acid groups (broad SMARTS) is 1. The molecule has 0 radical (unpaired) electrons. The highest BCUT2D eigenvalue weighted by atomic mass is 19.4. The molecule has 0 saturated heterocycles. The molecule has 4 N–H and O–H groups in total. The predicted molar refractivity (Wildman–Crippen MR) is 117 cm³/mol. The third kappa shape index (κ3) is 6.92. The van der Waals surface area contributed by atoms with Crippen molar-refractivity contribution in [3.63, 3.8) is 0 Å². The fourth-order valence-corrected chi connectivity index (χ4v) is 3.31. The van der Waals surface area contributed by atoms with Gasteiger partial charge in [0.2, 0.25) is 5.91 Å². The highest BCUT2D eigenvalue weighted by Gasteiger charge is 2.30. The molecule has 34 heavy (non-hydrogen) atoms. The summed E-state index contributed by atoms with van der Waals surface area (Å²) in [7, 11) is 0. The number of hydrogen-bond acceptors (Lipinski definition) is 4. The zero-order valence-electron chi connectivity index (χ0n) is 17.7. The van der Waals surface area contributed by atoms with E-state index in [-0.39, 0.29) is 19.3 Å². The van der Waals surface area contributed by atoms with Crippen LogP contribution in [-0.2, 0) is 17.4 Å². The lowest BCUT2D eigenvalue weighted by atomic mass is 10.0. The molecular formula is C23H21F3N4O4. The van der Waals surface area contributed by atoms with E-state index in [1.807, 2.05) is 0 Å². The van der Waals surface area contributed by atoms with Gasteiger partial charge in [0, 0.05) is 35.8 Å². The van der Waals surface area contributed by atoms with Gasteiger partial charge in [-0.25, -0.2) is 4.79 Å². The largest absolute Gasteiger partial charge is 0.465 e. The summed E-state index contributed by atoms with van der Waals surface area (Å²) in [6.45, 7) is 0. The molecule has 178 valence electrons. The Morgan fingerprint density at radius 3 is 2.38 bits per heavy atom. The molecule has 3 rings (SSSR count). The lowest BCUT2D eigenvalue weighted by Crippen LogP contribution is -2.42. The number of carbonyl (C=O) groups excluding carboxylic acids is 2. The minimum Gasteiger partial charge on any atom is -0.465 e. The van der Waals surface area contributed by atoms with Crippen molar-refractivity contribution in [2.75, 3.05) is 0 Å². The SMILES string of the molecule is O=C(O)N[C@H](CCC(=O)NNC(=O)c1ccc2cnccc2c1)Cc1ccc(C(F)(F)F)cc1. The summed E-state index contributed by atoms with van der Waals surface area (Å²) in [4.78, 5) is 39.5. The number of carbonyl (C=O) groups is 3. The predicted octanol–water partition coefficient (Wildman–Crippen LogP) is 3.67. The van der Waals surface area contributed by atoms with E-state index in [9.17, 15) is 27.6 Å². The summed E-state index contributed by atoms with van der Waals surface area (Å²) in [5, 5.41) is 13.0. The van der Waals surface area contributed by atoms with Gasteiger partial charge in [-0.15, -0.1) is 0 Å². The molecule has 8 nitrogen and oxygen atoms in total. The number of alkyl halides is 3. The van der Waals surface area contributed by atoms with Crippen LogP contribution in [0.25, 0.3) is 10.8 Å². The van der Waals surface area contributed by atoms with E-state index < -0.39 is 35.7 Å². The van der Waals surface area contributed by atoms with Gasteiger partial charge >= 0.3 is 12.3 Å². The summed E-state index contributed by atoms with van der Waals surface area (Å²) in [6.07, 6.45) is -2.51. The van der Waals surface area contributed by atoms with Gasteiger partial charge in [0.25, 0.3) is 5.91 Å². The summed E-state index contributed by atoms with van der Waals surface area (Å²) >= 11 is 0. The Morgan fingerprint density at radius 2 is 1.71 bits per heavy atom. The molecule has 0 fully saturated rings. The molecule has 3 aromatic rings. The van der Waals surface area contributed by atoms with Gasteiger partial charge in [0.1, 0.15) is 0 Å². The second-order valence-corrected chi connectivity index (χ2v) is 7.52. The fourth-order valence-electron chi connectivity index (χ4n) is 3.31. The number of hydrazine groups is 1. The number of hydrogen-bond donors (Lipinski definition) is 4. The topological polar surface area (TPSA) is 120 Å². The number of nitrogens with one attached hydrogen (secondary N) is 3. The first kappa shape index (κ1) is 24.5. The zero-order valence-corrected chi connectivity index (χ0v) is 17.7. The minimum absolute atomic E-state index is 0.0675. The van der Waals surface area contributed by atoms with Crippen molar-refractivity contribution in [1.82, 2.24) is 21.2 Å². The zero-order chi connectivity index (χ0) is 24.7. The monoisotopic (exact) mass is 474 g/mol. The molecule has 2 aromatic carbocycles. The van der Waals surface area contributed by atoms with Crippen molar-refractivity contribution in [1.29, 1.82) is 0 Å². The molecule has 3 amide bonds. The lowest BCUT2D eigenvalue weighted by Gasteiger charge is -2.17. The number of aromatic nitrogens is 1. The maximum Gasteiger partial charge on any atom is 0.416 e. The molecular weight excluding hydrogens is 453 g/mol. The maximum absolute atomic E-state index is 12.7. The van der Waals surface area contributed by atoms with Gasteiger partial charge < -0.3 is 10.4 Å². The van der Waals surface area contributed by atoms with E-state index in [0.717, 1.165) is 22.9 Å². The van der Waals surface area contributed by atoms with Crippen molar-refractivity contribution >= 4 is 28.7 Å². The van der Waals surface area contributed by atoms with Crippen molar-refractivity contribution in [3.05, 3.63) is 77.6 Å². The Bertz CT molecular complexity index is 1180. The number of fused-ring (bicyclic) bond motifs is 1. The molecule has 0 aliphatic carbocycles. The molecule has 0 bridgehead atoms. The Labute approximate surface area is 192 Å². The molecule has 0 aliphatic heterocycles. The van der Waals surface area contributed by atoms with Gasteiger partial charge in [-0.2, -0.15) is 13.2 Å². The second-order valence-electron chi connectivity index (χ2n) is 7.52. The summed E-state index contributed by atoms with van der Waals surface area (Å²) in [6, 6.07) is 10.3. The fraction of sp³-hybridized carbons (Fsp3) is 0.217. The van der Waals surface area contributed by atoms with E-state index >= 15 is 0 Å². The minimum atomic E-state index is -4.47. The summed E-state index contributed by atoms with van der Waals surface area (Å²) in [5.74, 6) is -1.08. The molecule has 0 spiro atoms. The Morgan fingerprint density at radius 1 is 0.971 bits per heavy atom. The number of halogens is 3. The Hall–Kier alpha value is -4.15. The van der Waals surface area contributed by atoms with Crippen LogP contribution in [-0.4, -0.2) is 34.0 Å². The number of rotatable bonds is 7. The molecule has 1 heterocycles. The van der Waals surface area contributed by atoms with Gasteiger partial charge in [-0.1, -0.05) is 18.2 Å². The van der Waals surface area contributed by atoms with Crippen LogP contribution in [0.1, 0.15) is 34.3 Å². The molecule has 11 heteroatoms. The van der Waals surface area contributed by atoms with Gasteiger partial charge in [0.05, 0.1) is 5.56 Å². The van der Waals surface area contributed by atoms with E-state index in [2.05, 4.69) is 21.2 Å². The van der Waals surface area contributed by atoms with Crippen LogP contribution >= 0.6 is 0 Å². The number of nitrogens with zero attached hydrogens (tertiary/aromatic N) is 1. The normalized spacial score (nSPS) is 12.1. The Kier molecular flexibility index (Phi) is 7.67. The third-order valence-electron chi connectivity index (χ3n) is 5.03. The molecule has 0 aliphatic rings. The highest BCUT2D eigenvalue weighted by molar-refractivity contribution is 5.99. The van der Waals surface area contributed by atoms with Crippen LogP contribution in [0.4, 0.5) is 18.0 Å². The van der Waals surface area contributed by atoms with Gasteiger partial charge in [0.15, 0.2) is 0 Å². The molecule has 0 unspecified atom stereocenters. The van der Waals surface area contributed by atoms with Crippen molar-refractivity contribution < 1.29 is 32.7 Å². The lowest BCUT2D eigenvalue weighted by molar-refractivity contribution is -0.137. The number of pyridine rings is 1. The van der Waals surface area contributed by atoms with E-state index in [1.54, 1.807) is 36.7 Å². The van der Waals surface area contributed by atoms with Crippen molar-refractivity contribution in [3.8, 4) is 0 Å². The highest BCUT2D eigenvalue weighted by Crippen LogP contribution is 2.29. The average Bonchev–Trinajstić information content (AvgIpc) is 2.80. The number of benzene rings is 2. The van der Waals surface area contributed by atoms with Crippen molar-refractivity contribution in [2.24, 2.45) is 0 Å². The Balaban J connectivity index is 1.52. The van der Waals surface area contributed by atoms with Crippen LogP contribution in [0.15, 0.2) is 60.9 Å². The summed E-state index contributed by atoms with van der Waals surface area (Å²) < 4.78 is 38.1. The van der Waals surface area contributed by atoms with Crippen molar-refractivity contribution in [2.45, 2.75) is 31.5 Å². The maximum atomic E-state index is 12.7. The summed E-state index contributed by atoms with van der Waals surface area (Å²) in [5.41, 5.74) is 4.57. The third-order valence-corrected chi connectivity index (χ3v) is 5.03. The number of amides is 3. The van der Waals surface area contributed by atoms with Gasteiger partial charge in [-0.3, -0.25) is 25.4 Å². The molecule has 1 aromatic heterocycles. The first-order chi connectivity index (χ1) is 16.1. The van der Waals surface area contributed by atoms with Gasteiger partial charge in [-0.05, 0) is 54.1 Å². The standard InChI is InChI=1S/C23H21F3N4O4/c24-23(25,26)18-5-1-14(2-6-18)11-19(28-22(33)34)7-8-20(31)29-30-21(32)16-3-4-17-13-27-10-9-15(17)12-16/h1-6,9-10,12-13,19,28H,7-8,11H2,(H,29,31)(H,30,32)(H,33,34)/t19-/m1/s1. The second kappa shape index (κ2) is 10.6. The van der Waals surface area contributed by atoms with Crippen LogP contribution in [0.3, 0.4) is 0 Å². The van der Waals surface area contributed by atoms with Crippen LogP contribution in [0.5, 0.6) is 0 Å². The average molecular weight is 474 g/mol. The van der Waals surface area contributed by atoms with Crippen LogP contribution in [0.2, 0.25) is 0 Å². The molecule has 1 atom stereocenters. The van der Waals surface area contributed by atoms with Crippen LogP contribution in [0, 0.1) is 0 Å².